The first kappa shape index (κ1) is 21.8. The average molecular weight is 365 g/mol. The molecule has 6 heteroatoms. The number of rotatable bonds is 13. The first-order valence-electron chi connectivity index (χ1n) is 9.54. The number of ether oxygens (including phenoxy) is 1. The minimum absolute atomic E-state index is 0.214. The van der Waals surface area contributed by atoms with Crippen molar-refractivity contribution in [3.05, 3.63) is 23.8 Å². The van der Waals surface area contributed by atoms with Gasteiger partial charge in [0.1, 0.15) is 11.3 Å². The summed E-state index contributed by atoms with van der Waals surface area (Å²) in [6.45, 7) is 2.57. The molecule has 0 heterocycles. The molecular formula is C20H31NO5. The van der Waals surface area contributed by atoms with Crippen LogP contribution in [-0.4, -0.2) is 28.9 Å². The van der Waals surface area contributed by atoms with E-state index in [4.69, 9.17) is 9.84 Å². The second-order valence-electron chi connectivity index (χ2n) is 6.48. The fraction of sp³-hybridized carbons (Fsp3) is 0.600. The number of carboxylic acid groups (broad SMARTS) is 1. The van der Waals surface area contributed by atoms with E-state index in [-0.39, 0.29) is 5.56 Å². The molecule has 0 saturated carbocycles. The molecule has 1 aromatic rings. The zero-order chi connectivity index (χ0) is 19.2. The second-order valence-corrected chi connectivity index (χ2v) is 6.48. The molecule has 0 saturated heterocycles. The van der Waals surface area contributed by atoms with Crippen LogP contribution in [0.4, 0.5) is 10.5 Å². The Morgan fingerprint density at radius 2 is 1.54 bits per heavy atom. The lowest BCUT2D eigenvalue weighted by Crippen LogP contribution is -2.14. The second kappa shape index (κ2) is 13.0. The molecule has 0 fully saturated rings. The molecule has 3 N–H and O–H groups in total. The van der Waals surface area contributed by atoms with Gasteiger partial charge in [-0.2, -0.15) is 0 Å². The molecule has 0 aliphatic carbocycles. The van der Waals surface area contributed by atoms with Crippen LogP contribution in [0.3, 0.4) is 0 Å². The molecule has 1 aromatic carbocycles. The van der Waals surface area contributed by atoms with E-state index in [0.29, 0.717) is 12.3 Å². The van der Waals surface area contributed by atoms with Crippen LogP contribution < -0.4 is 5.32 Å². The number of aromatic carboxylic acids is 1. The van der Waals surface area contributed by atoms with Gasteiger partial charge in [0.05, 0.1) is 6.61 Å². The number of nitrogens with one attached hydrogen (secondary N) is 1. The van der Waals surface area contributed by atoms with Gasteiger partial charge in [-0.05, 0) is 18.6 Å². The van der Waals surface area contributed by atoms with Crippen molar-refractivity contribution >= 4 is 17.7 Å². The third-order valence-corrected chi connectivity index (χ3v) is 4.21. The van der Waals surface area contributed by atoms with E-state index in [1.807, 2.05) is 0 Å². The summed E-state index contributed by atoms with van der Waals surface area (Å²) in [4.78, 5) is 22.5. The van der Waals surface area contributed by atoms with Gasteiger partial charge in [0.2, 0.25) is 0 Å². The van der Waals surface area contributed by atoms with Crippen molar-refractivity contribution < 1.29 is 24.5 Å². The molecule has 0 unspecified atom stereocenters. The normalized spacial score (nSPS) is 10.5. The number of carbonyl (C=O) groups is 2. The zero-order valence-corrected chi connectivity index (χ0v) is 15.6. The fourth-order valence-electron chi connectivity index (χ4n) is 2.70. The highest BCUT2D eigenvalue weighted by molar-refractivity contribution is 5.92. The third-order valence-electron chi connectivity index (χ3n) is 4.21. The summed E-state index contributed by atoms with van der Waals surface area (Å²) < 4.78 is 5.09. The Morgan fingerprint density at radius 1 is 0.962 bits per heavy atom. The topological polar surface area (TPSA) is 95.9 Å². The monoisotopic (exact) mass is 365 g/mol. The lowest BCUT2D eigenvalue weighted by atomic mass is 10.1. The van der Waals surface area contributed by atoms with Crippen molar-refractivity contribution in [1.82, 2.24) is 0 Å². The Bertz CT molecular complexity index is 559. The predicted molar refractivity (Wildman–Crippen MR) is 102 cm³/mol. The maximum atomic E-state index is 11.7. The summed E-state index contributed by atoms with van der Waals surface area (Å²) in [6, 6.07) is 3.83. The smallest absolute Gasteiger partial charge is 0.411 e. The summed E-state index contributed by atoms with van der Waals surface area (Å²) in [6.07, 6.45) is 11.5. The van der Waals surface area contributed by atoms with E-state index in [0.717, 1.165) is 19.3 Å². The van der Waals surface area contributed by atoms with Gasteiger partial charge in [0.25, 0.3) is 0 Å². The molecule has 1 rings (SSSR count). The largest absolute Gasteiger partial charge is 0.507 e. The summed E-state index contributed by atoms with van der Waals surface area (Å²) in [5.74, 6) is -1.62. The first-order chi connectivity index (χ1) is 12.5. The van der Waals surface area contributed by atoms with Crippen molar-refractivity contribution in [1.29, 1.82) is 0 Å². The Balaban J connectivity index is 2.07. The van der Waals surface area contributed by atoms with Gasteiger partial charge < -0.3 is 14.9 Å². The number of unbranched alkanes of at least 4 members (excludes halogenated alkanes) is 9. The standard InChI is InChI=1S/C20H31NO5/c1-2-3-4-5-6-7-8-9-10-11-14-26-20(25)21-16-12-13-17(19(23)24)18(22)15-16/h12-13,15,22H,2-11,14H2,1H3,(H,21,25)(H,23,24). The molecule has 0 aliphatic heterocycles. The van der Waals surface area contributed by atoms with Crippen LogP contribution in [0.1, 0.15) is 81.5 Å². The molecule has 0 spiro atoms. The molecule has 0 atom stereocenters. The van der Waals surface area contributed by atoms with Crippen molar-refractivity contribution in [2.45, 2.75) is 71.1 Å². The lowest BCUT2D eigenvalue weighted by Gasteiger charge is -2.08. The van der Waals surface area contributed by atoms with E-state index in [1.54, 1.807) is 0 Å². The highest BCUT2D eigenvalue weighted by atomic mass is 16.5. The van der Waals surface area contributed by atoms with Gasteiger partial charge in [-0.3, -0.25) is 5.32 Å². The van der Waals surface area contributed by atoms with E-state index < -0.39 is 17.8 Å². The zero-order valence-electron chi connectivity index (χ0n) is 15.6. The Labute approximate surface area is 155 Å². The van der Waals surface area contributed by atoms with Crippen LogP contribution in [0.2, 0.25) is 0 Å². The number of aromatic hydroxyl groups is 1. The number of carbonyl (C=O) groups excluding carboxylic acids is 1. The molecule has 6 nitrogen and oxygen atoms in total. The molecule has 0 aliphatic rings. The molecular weight excluding hydrogens is 334 g/mol. The average Bonchev–Trinajstić information content (AvgIpc) is 2.59. The Morgan fingerprint density at radius 3 is 2.08 bits per heavy atom. The molecule has 1 amide bonds. The highest BCUT2D eigenvalue weighted by Crippen LogP contribution is 2.22. The summed E-state index contributed by atoms with van der Waals surface area (Å²) in [5, 5.41) is 20.9. The summed E-state index contributed by atoms with van der Waals surface area (Å²) in [5.41, 5.74) is 0.0786. The predicted octanol–water partition coefficient (Wildman–Crippen LogP) is 5.56. The van der Waals surface area contributed by atoms with Gasteiger partial charge in [0, 0.05) is 11.8 Å². The van der Waals surface area contributed by atoms with Crippen LogP contribution >= 0.6 is 0 Å². The van der Waals surface area contributed by atoms with Gasteiger partial charge in [0.15, 0.2) is 0 Å². The molecule has 0 bridgehead atoms. The summed E-state index contributed by atoms with van der Waals surface area (Å²) >= 11 is 0. The third kappa shape index (κ3) is 9.30. The van der Waals surface area contributed by atoms with Gasteiger partial charge in [-0.1, -0.05) is 64.7 Å². The van der Waals surface area contributed by atoms with Gasteiger partial charge in [-0.25, -0.2) is 9.59 Å². The number of anilines is 1. The van der Waals surface area contributed by atoms with Crippen LogP contribution in [0, 0.1) is 0 Å². The molecule has 146 valence electrons. The maximum absolute atomic E-state index is 11.7. The highest BCUT2D eigenvalue weighted by Gasteiger charge is 2.11. The number of carboxylic acids is 1. The van der Waals surface area contributed by atoms with Crippen LogP contribution in [0.25, 0.3) is 0 Å². The number of phenols is 1. The van der Waals surface area contributed by atoms with E-state index >= 15 is 0 Å². The number of amides is 1. The quantitative estimate of drug-likeness (QED) is 0.398. The minimum atomic E-state index is -1.22. The molecule has 26 heavy (non-hydrogen) atoms. The van der Waals surface area contributed by atoms with Crippen molar-refractivity contribution in [2.75, 3.05) is 11.9 Å². The van der Waals surface area contributed by atoms with E-state index in [9.17, 15) is 14.7 Å². The molecule has 0 radical (unpaired) electrons. The van der Waals surface area contributed by atoms with Crippen molar-refractivity contribution in [3.8, 4) is 5.75 Å². The van der Waals surface area contributed by atoms with E-state index in [1.165, 1.54) is 63.1 Å². The van der Waals surface area contributed by atoms with Crippen LogP contribution in [0.15, 0.2) is 18.2 Å². The van der Waals surface area contributed by atoms with Crippen molar-refractivity contribution in [2.24, 2.45) is 0 Å². The maximum Gasteiger partial charge on any atom is 0.411 e. The van der Waals surface area contributed by atoms with Gasteiger partial charge >= 0.3 is 12.1 Å². The minimum Gasteiger partial charge on any atom is -0.507 e. The SMILES string of the molecule is CCCCCCCCCCCCOC(=O)Nc1ccc(C(=O)O)c(O)c1. The Kier molecular flexibility index (Phi) is 10.9. The number of benzene rings is 1. The summed E-state index contributed by atoms with van der Waals surface area (Å²) in [7, 11) is 0. The number of hydrogen-bond acceptors (Lipinski definition) is 4. The Hall–Kier alpha value is -2.24. The lowest BCUT2D eigenvalue weighted by molar-refractivity contribution is 0.0693. The first-order valence-corrected chi connectivity index (χ1v) is 9.54. The van der Waals surface area contributed by atoms with Gasteiger partial charge in [-0.15, -0.1) is 0 Å². The fourth-order valence-corrected chi connectivity index (χ4v) is 2.70. The number of hydrogen-bond donors (Lipinski definition) is 3. The van der Waals surface area contributed by atoms with Crippen LogP contribution in [0.5, 0.6) is 5.75 Å². The van der Waals surface area contributed by atoms with Crippen LogP contribution in [-0.2, 0) is 4.74 Å². The molecule has 0 aromatic heterocycles. The van der Waals surface area contributed by atoms with E-state index in [2.05, 4.69) is 12.2 Å². The van der Waals surface area contributed by atoms with Crippen molar-refractivity contribution in [3.63, 3.8) is 0 Å².